The van der Waals surface area contributed by atoms with E-state index in [1.807, 2.05) is 36.4 Å². The third kappa shape index (κ3) is 3.67. The number of hydrogen-bond acceptors (Lipinski definition) is 2. The minimum absolute atomic E-state index is 0.303. The van der Waals surface area contributed by atoms with Crippen molar-refractivity contribution in [2.75, 3.05) is 0 Å². The molecule has 0 spiro atoms. The lowest BCUT2D eigenvalue weighted by atomic mass is 10.2. The zero-order chi connectivity index (χ0) is 12.3. The van der Waals surface area contributed by atoms with Crippen LogP contribution in [0, 0.1) is 7.14 Å². The largest absolute Gasteiger partial charge is 0.507 e. The fraction of sp³-hybridized carbons (Fsp3) is 0. The van der Waals surface area contributed by atoms with Gasteiger partial charge in [-0.2, -0.15) is 0 Å². The second kappa shape index (κ2) is 5.81. The number of aliphatic imine (C=N–C) groups is 1. The molecule has 86 valence electrons. The van der Waals surface area contributed by atoms with E-state index in [0.717, 1.165) is 14.8 Å². The zero-order valence-corrected chi connectivity index (χ0v) is 13.1. The topological polar surface area (TPSA) is 32.6 Å². The molecule has 2 rings (SSSR count). The van der Waals surface area contributed by atoms with E-state index in [9.17, 15) is 5.11 Å². The predicted octanol–water partition coefficient (Wildman–Crippen LogP) is 4.35. The lowest BCUT2D eigenvalue weighted by molar-refractivity contribution is 0.471. The molecule has 1 N–H and O–H groups in total. The maximum absolute atomic E-state index is 9.41. The summed E-state index contributed by atoms with van der Waals surface area (Å²) in [5.41, 5.74) is 1.90. The molecule has 0 unspecified atom stereocenters. The molecule has 0 bridgehead atoms. The van der Waals surface area contributed by atoms with Crippen LogP contribution < -0.4 is 0 Å². The van der Waals surface area contributed by atoms with Gasteiger partial charge in [0, 0.05) is 9.78 Å². The second-order valence-corrected chi connectivity index (χ2v) is 5.85. The van der Waals surface area contributed by atoms with Crippen LogP contribution >= 0.6 is 45.2 Å². The van der Waals surface area contributed by atoms with Crippen LogP contribution in [-0.4, -0.2) is 11.3 Å². The van der Waals surface area contributed by atoms with Gasteiger partial charge in [0.1, 0.15) is 5.75 Å². The molecule has 2 aromatic rings. The minimum atomic E-state index is 0.303. The van der Waals surface area contributed by atoms with Crippen LogP contribution in [0.3, 0.4) is 0 Å². The van der Waals surface area contributed by atoms with Crippen molar-refractivity contribution in [2.24, 2.45) is 4.99 Å². The Morgan fingerprint density at radius 1 is 1.00 bits per heavy atom. The number of nitrogens with zero attached hydrogens (tertiary/aromatic N) is 1. The van der Waals surface area contributed by atoms with Crippen molar-refractivity contribution in [1.82, 2.24) is 0 Å². The molecule has 0 saturated heterocycles. The summed E-state index contributed by atoms with van der Waals surface area (Å²) in [4.78, 5) is 4.38. The van der Waals surface area contributed by atoms with Crippen LogP contribution in [0.1, 0.15) is 5.56 Å². The number of phenolic OH excluding ortho intramolecular Hbond substituents is 1. The van der Waals surface area contributed by atoms with E-state index < -0.39 is 0 Å². The molecule has 17 heavy (non-hydrogen) atoms. The molecular weight excluding hydrogens is 440 g/mol. The Morgan fingerprint density at radius 2 is 1.71 bits per heavy atom. The van der Waals surface area contributed by atoms with Crippen molar-refractivity contribution in [2.45, 2.75) is 0 Å². The molecule has 0 radical (unpaired) electrons. The molecule has 0 aliphatic carbocycles. The van der Waals surface area contributed by atoms with Crippen LogP contribution in [0.25, 0.3) is 0 Å². The average Bonchev–Trinajstić information content (AvgIpc) is 2.33. The molecule has 0 fully saturated rings. The molecule has 4 heteroatoms. The van der Waals surface area contributed by atoms with Crippen LogP contribution in [0.5, 0.6) is 5.75 Å². The fourth-order valence-corrected chi connectivity index (χ4v) is 2.18. The van der Waals surface area contributed by atoms with Gasteiger partial charge in [-0.05, 0) is 93.2 Å². The molecule has 2 nitrogen and oxygen atoms in total. The van der Waals surface area contributed by atoms with Crippen molar-refractivity contribution in [1.29, 1.82) is 0 Å². The quantitative estimate of drug-likeness (QED) is 0.537. The first-order valence-electron chi connectivity index (χ1n) is 4.93. The van der Waals surface area contributed by atoms with Gasteiger partial charge in [0.05, 0.1) is 9.26 Å². The summed E-state index contributed by atoms with van der Waals surface area (Å²) >= 11 is 4.36. The third-order valence-corrected chi connectivity index (χ3v) is 3.74. The molecule has 0 aromatic heterocycles. The maximum Gasteiger partial charge on any atom is 0.128 e. The first kappa shape index (κ1) is 12.8. The third-order valence-electron chi connectivity index (χ3n) is 2.16. The monoisotopic (exact) mass is 449 g/mol. The van der Waals surface area contributed by atoms with Gasteiger partial charge in [-0.15, -0.1) is 0 Å². The Hall–Kier alpha value is -0.630. The van der Waals surface area contributed by atoms with Gasteiger partial charge in [-0.3, -0.25) is 4.99 Å². The van der Waals surface area contributed by atoms with E-state index in [-0.39, 0.29) is 0 Å². The molecule has 0 saturated carbocycles. The maximum atomic E-state index is 9.41. The first-order valence-corrected chi connectivity index (χ1v) is 7.09. The number of phenols is 1. The normalized spacial score (nSPS) is 10.9. The lowest BCUT2D eigenvalue weighted by Gasteiger charge is -1.98. The fourth-order valence-electron chi connectivity index (χ4n) is 1.28. The standard InChI is InChI=1S/C13H9I2NO/c14-10-2-4-11(5-3-10)16-8-9-1-6-13(17)12(15)7-9/h1-8,17H. The Bertz CT molecular complexity index is 550. The summed E-state index contributed by atoms with van der Waals surface area (Å²) in [5.74, 6) is 0.303. The summed E-state index contributed by atoms with van der Waals surface area (Å²) in [5, 5.41) is 9.41. The number of aromatic hydroxyl groups is 1. The summed E-state index contributed by atoms with van der Waals surface area (Å²) in [6.45, 7) is 0. The lowest BCUT2D eigenvalue weighted by Crippen LogP contribution is -1.82. The van der Waals surface area contributed by atoms with Gasteiger partial charge in [0.2, 0.25) is 0 Å². The van der Waals surface area contributed by atoms with Crippen LogP contribution in [0.4, 0.5) is 5.69 Å². The van der Waals surface area contributed by atoms with E-state index in [0.29, 0.717) is 5.75 Å². The zero-order valence-electron chi connectivity index (χ0n) is 8.77. The highest BCUT2D eigenvalue weighted by Gasteiger charge is 1.97. The van der Waals surface area contributed by atoms with Crippen molar-refractivity contribution in [3.63, 3.8) is 0 Å². The predicted molar refractivity (Wildman–Crippen MR) is 87.2 cm³/mol. The molecule has 0 atom stereocenters. The van der Waals surface area contributed by atoms with Crippen LogP contribution in [-0.2, 0) is 0 Å². The molecule has 0 aliphatic rings. The molecule has 0 heterocycles. The molecule has 2 aromatic carbocycles. The highest BCUT2D eigenvalue weighted by molar-refractivity contribution is 14.1. The van der Waals surface area contributed by atoms with Gasteiger partial charge in [0.25, 0.3) is 0 Å². The smallest absolute Gasteiger partial charge is 0.128 e. The first-order chi connectivity index (χ1) is 8.15. The van der Waals surface area contributed by atoms with Crippen LogP contribution in [0.2, 0.25) is 0 Å². The number of benzene rings is 2. The van der Waals surface area contributed by atoms with Gasteiger partial charge in [-0.1, -0.05) is 0 Å². The molecule has 0 aliphatic heterocycles. The summed E-state index contributed by atoms with van der Waals surface area (Å²) in [6.07, 6.45) is 1.80. The highest BCUT2D eigenvalue weighted by atomic mass is 127. The summed E-state index contributed by atoms with van der Waals surface area (Å²) in [6, 6.07) is 13.4. The van der Waals surface area contributed by atoms with Gasteiger partial charge >= 0.3 is 0 Å². The minimum Gasteiger partial charge on any atom is -0.507 e. The Morgan fingerprint density at radius 3 is 2.35 bits per heavy atom. The van der Waals surface area contributed by atoms with E-state index in [2.05, 4.69) is 50.2 Å². The summed E-state index contributed by atoms with van der Waals surface area (Å²) in [7, 11) is 0. The number of rotatable bonds is 2. The molecule has 0 amide bonds. The van der Waals surface area contributed by atoms with Crippen molar-refractivity contribution in [3.8, 4) is 5.75 Å². The van der Waals surface area contributed by atoms with E-state index in [1.165, 1.54) is 3.57 Å². The number of hydrogen-bond donors (Lipinski definition) is 1. The Balaban J connectivity index is 2.20. The summed E-state index contributed by atoms with van der Waals surface area (Å²) < 4.78 is 2.02. The van der Waals surface area contributed by atoms with E-state index in [1.54, 1.807) is 12.3 Å². The number of halogens is 2. The SMILES string of the molecule is Oc1ccc(C=Nc2ccc(I)cc2)cc1I. The average molecular weight is 449 g/mol. The van der Waals surface area contributed by atoms with E-state index >= 15 is 0 Å². The van der Waals surface area contributed by atoms with Gasteiger partial charge in [-0.25, -0.2) is 0 Å². The Labute approximate surface area is 127 Å². The van der Waals surface area contributed by atoms with E-state index in [4.69, 9.17) is 0 Å². The Kier molecular flexibility index (Phi) is 4.38. The van der Waals surface area contributed by atoms with Crippen molar-refractivity contribution >= 4 is 57.1 Å². The van der Waals surface area contributed by atoms with Gasteiger partial charge < -0.3 is 5.11 Å². The van der Waals surface area contributed by atoms with Crippen LogP contribution in [0.15, 0.2) is 47.5 Å². The van der Waals surface area contributed by atoms with Gasteiger partial charge in [0.15, 0.2) is 0 Å². The van der Waals surface area contributed by atoms with Crippen molar-refractivity contribution < 1.29 is 5.11 Å². The highest BCUT2D eigenvalue weighted by Crippen LogP contribution is 2.20. The van der Waals surface area contributed by atoms with Crippen molar-refractivity contribution in [3.05, 3.63) is 55.2 Å². The molecular formula is C13H9I2NO. The second-order valence-electron chi connectivity index (χ2n) is 3.45.